The molecule has 0 radical (unpaired) electrons. The molecule has 0 aromatic rings. The molecule has 2 heteroatoms. The number of rotatable bonds is 7. The standard InChI is InChI=1S/C14H27NO/c1-3-5-9-14(4-2,10-13-16)15-11-7-6-8-12-15/h13H,3-12H2,1-2H3/t14-/m1/s1. The van der Waals surface area contributed by atoms with E-state index in [0.717, 1.165) is 19.1 Å². The molecule has 0 N–H and O–H groups in total. The number of hydrogen-bond donors (Lipinski definition) is 0. The Morgan fingerprint density at radius 2 is 1.88 bits per heavy atom. The molecule has 1 saturated heterocycles. The Labute approximate surface area is 100 Å². The van der Waals surface area contributed by atoms with E-state index in [1.165, 1.54) is 51.6 Å². The van der Waals surface area contributed by atoms with Crippen molar-refractivity contribution in [2.45, 2.75) is 70.8 Å². The van der Waals surface area contributed by atoms with Gasteiger partial charge in [0.05, 0.1) is 0 Å². The average molecular weight is 225 g/mol. The van der Waals surface area contributed by atoms with Gasteiger partial charge in [0.15, 0.2) is 0 Å². The molecule has 0 spiro atoms. The Morgan fingerprint density at radius 3 is 2.38 bits per heavy atom. The maximum atomic E-state index is 11.0. The Kier molecular flexibility index (Phi) is 6.04. The van der Waals surface area contributed by atoms with Gasteiger partial charge in [-0.1, -0.05) is 33.1 Å². The van der Waals surface area contributed by atoms with Crippen LogP contribution in [0.1, 0.15) is 65.2 Å². The summed E-state index contributed by atoms with van der Waals surface area (Å²) in [6, 6.07) is 0. The van der Waals surface area contributed by atoms with Crippen LogP contribution in [0, 0.1) is 0 Å². The molecule has 0 aromatic heterocycles. The summed E-state index contributed by atoms with van der Waals surface area (Å²) in [5, 5.41) is 0. The van der Waals surface area contributed by atoms with E-state index in [4.69, 9.17) is 0 Å². The number of nitrogens with zero attached hydrogens (tertiary/aromatic N) is 1. The van der Waals surface area contributed by atoms with Crippen LogP contribution in [0.3, 0.4) is 0 Å². The monoisotopic (exact) mass is 225 g/mol. The van der Waals surface area contributed by atoms with Crippen molar-refractivity contribution < 1.29 is 4.79 Å². The molecule has 1 heterocycles. The van der Waals surface area contributed by atoms with Crippen molar-refractivity contribution in [2.24, 2.45) is 0 Å². The Morgan fingerprint density at radius 1 is 1.19 bits per heavy atom. The van der Waals surface area contributed by atoms with Gasteiger partial charge in [-0.2, -0.15) is 0 Å². The first-order chi connectivity index (χ1) is 7.79. The third-order valence-corrected chi connectivity index (χ3v) is 4.14. The second kappa shape index (κ2) is 7.05. The lowest BCUT2D eigenvalue weighted by Gasteiger charge is -2.45. The topological polar surface area (TPSA) is 20.3 Å². The Bertz CT molecular complexity index is 199. The zero-order chi connectivity index (χ0) is 11.9. The van der Waals surface area contributed by atoms with E-state index >= 15 is 0 Å². The molecule has 1 aliphatic heterocycles. The molecule has 0 unspecified atom stereocenters. The van der Waals surface area contributed by atoms with Crippen molar-refractivity contribution in [1.29, 1.82) is 0 Å². The predicted molar refractivity (Wildman–Crippen MR) is 68.7 cm³/mol. The van der Waals surface area contributed by atoms with Crippen LogP contribution in [-0.2, 0) is 4.79 Å². The minimum atomic E-state index is 0.179. The summed E-state index contributed by atoms with van der Waals surface area (Å²) in [6.07, 6.45) is 10.6. The largest absolute Gasteiger partial charge is 0.303 e. The molecule has 0 bridgehead atoms. The minimum absolute atomic E-state index is 0.179. The van der Waals surface area contributed by atoms with Crippen molar-refractivity contribution >= 4 is 6.29 Å². The summed E-state index contributed by atoms with van der Waals surface area (Å²) >= 11 is 0. The van der Waals surface area contributed by atoms with E-state index in [-0.39, 0.29) is 5.54 Å². The van der Waals surface area contributed by atoms with Gasteiger partial charge in [0, 0.05) is 12.0 Å². The first-order valence-corrected chi connectivity index (χ1v) is 6.97. The van der Waals surface area contributed by atoms with Gasteiger partial charge in [0.25, 0.3) is 0 Å². The van der Waals surface area contributed by atoms with Gasteiger partial charge in [-0.3, -0.25) is 4.90 Å². The van der Waals surface area contributed by atoms with Gasteiger partial charge < -0.3 is 4.79 Å². The minimum Gasteiger partial charge on any atom is -0.303 e. The average Bonchev–Trinajstić information content (AvgIpc) is 2.36. The van der Waals surface area contributed by atoms with Gasteiger partial charge >= 0.3 is 0 Å². The van der Waals surface area contributed by atoms with E-state index < -0.39 is 0 Å². The second-order valence-corrected chi connectivity index (χ2v) is 5.10. The molecule has 94 valence electrons. The van der Waals surface area contributed by atoms with Crippen molar-refractivity contribution in [3.8, 4) is 0 Å². The predicted octanol–water partition coefficient (Wildman–Crippen LogP) is 3.40. The number of carbonyl (C=O) groups excluding carboxylic acids is 1. The fourth-order valence-electron chi connectivity index (χ4n) is 2.96. The van der Waals surface area contributed by atoms with Crippen LogP contribution < -0.4 is 0 Å². The lowest BCUT2D eigenvalue weighted by Crippen LogP contribution is -2.51. The summed E-state index contributed by atoms with van der Waals surface area (Å²) in [5.41, 5.74) is 0.179. The highest BCUT2D eigenvalue weighted by molar-refractivity contribution is 5.51. The number of carbonyl (C=O) groups is 1. The molecule has 0 aromatic carbocycles. The highest BCUT2D eigenvalue weighted by Crippen LogP contribution is 2.31. The van der Waals surface area contributed by atoms with Crippen LogP contribution in [0.25, 0.3) is 0 Å². The number of likely N-dealkylation sites (tertiary alicyclic amines) is 1. The van der Waals surface area contributed by atoms with E-state index in [1.807, 2.05) is 0 Å². The molecule has 1 atom stereocenters. The summed E-state index contributed by atoms with van der Waals surface area (Å²) in [6.45, 7) is 6.88. The number of hydrogen-bond acceptors (Lipinski definition) is 2. The maximum Gasteiger partial charge on any atom is 0.121 e. The fourth-order valence-corrected chi connectivity index (χ4v) is 2.96. The second-order valence-electron chi connectivity index (χ2n) is 5.10. The van der Waals surface area contributed by atoms with Crippen LogP contribution in [0.4, 0.5) is 0 Å². The van der Waals surface area contributed by atoms with Crippen molar-refractivity contribution in [2.75, 3.05) is 13.1 Å². The van der Waals surface area contributed by atoms with E-state index in [2.05, 4.69) is 18.7 Å². The zero-order valence-electron chi connectivity index (χ0n) is 11.0. The highest BCUT2D eigenvalue weighted by Gasteiger charge is 2.34. The molecule has 1 aliphatic rings. The SMILES string of the molecule is CCCC[C@](CC)(CC=O)N1CCCCC1. The number of piperidine rings is 1. The van der Waals surface area contributed by atoms with Gasteiger partial charge in [-0.15, -0.1) is 0 Å². The summed E-state index contributed by atoms with van der Waals surface area (Å²) in [7, 11) is 0. The van der Waals surface area contributed by atoms with Crippen LogP contribution in [0.15, 0.2) is 0 Å². The molecule has 1 fully saturated rings. The highest BCUT2D eigenvalue weighted by atomic mass is 16.1. The summed E-state index contributed by atoms with van der Waals surface area (Å²) in [4.78, 5) is 13.6. The molecular formula is C14H27NO. The van der Waals surface area contributed by atoms with Crippen molar-refractivity contribution in [1.82, 2.24) is 4.90 Å². The van der Waals surface area contributed by atoms with Crippen LogP contribution in [0.5, 0.6) is 0 Å². The van der Waals surface area contributed by atoms with Gasteiger partial charge in [-0.25, -0.2) is 0 Å². The lowest BCUT2D eigenvalue weighted by molar-refractivity contribution is -0.111. The van der Waals surface area contributed by atoms with Crippen LogP contribution >= 0.6 is 0 Å². The van der Waals surface area contributed by atoms with E-state index in [1.54, 1.807) is 0 Å². The number of aldehydes is 1. The van der Waals surface area contributed by atoms with E-state index in [0.29, 0.717) is 0 Å². The Hall–Kier alpha value is -0.370. The van der Waals surface area contributed by atoms with Crippen LogP contribution in [0.2, 0.25) is 0 Å². The molecule has 1 rings (SSSR count). The lowest BCUT2D eigenvalue weighted by atomic mass is 9.83. The molecule has 0 aliphatic carbocycles. The smallest absolute Gasteiger partial charge is 0.121 e. The maximum absolute atomic E-state index is 11.0. The third-order valence-electron chi connectivity index (χ3n) is 4.14. The van der Waals surface area contributed by atoms with Gasteiger partial charge in [-0.05, 0) is 38.8 Å². The van der Waals surface area contributed by atoms with Crippen molar-refractivity contribution in [3.63, 3.8) is 0 Å². The van der Waals surface area contributed by atoms with Crippen molar-refractivity contribution in [3.05, 3.63) is 0 Å². The summed E-state index contributed by atoms with van der Waals surface area (Å²) < 4.78 is 0. The van der Waals surface area contributed by atoms with Gasteiger partial charge in [0.1, 0.15) is 6.29 Å². The normalized spacial score (nSPS) is 21.6. The van der Waals surface area contributed by atoms with Crippen LogP contribution in [-0.4, -0.2) is 29.8 Å². The summed E-state index contributed by atoms with van der Waals surface area (Å²) in [5.74, 6) is 0. The van der Waals surface area contributed by atoms with E-state index in [9.17, 15) is 4.79 Å². The van der Waals surface area contributed by atoms with Gasteiger partial charge in [0.2, 0.25) is 0 Å². The quantitative estimate of drug-likeness (QED) is 0.619. The number of unbranched alkanes of at least 4 members (excludes halogenated alkanes) is 1. The molecule has 2 nitrogen and oxygen atoms in total. The molecule has 0 saturated carbocycles. The molecule has 0 amide bonds. The Balaban J connectivity index is 2.68. The first kappa shape index (κ1) is 13.7. The fraction of sp³-hybridized carbons (Fsp3) is 0.929. The zero-order valence-corrected chi connectivity index (χ0v) is 11.0. The molecule has 16 heavy (non-hydrogen) atoms. The first-order valence-electron chi connectivity index (χ1n) is 6.97. The third kappa shape index (κ3) is 3.31. The molecular weight excluding hydrogens is 198 g/mol.